The van der Waals surface area contributed by atoms with Gasteiger partial charge in [0.15, 0.2) is 0 Å². The van der Waals surface area contributed by atoms with Crippen molar-refractivity contribution in [1.29, 1.82) is 0 Å². The van der Waals surface area contributed by atoms with E-state index < -0.39 is 0 Å². The lowest BCUT2D eigenvalue weighted by atomic mass is 10.2. The molecule has 2 rings (SSSR count). The molecule has 1 aromatic carbocycles. The van der Waals surface area contributed by atoms with Crippen LogP contribution in [0.5, 0.6) is 0 Å². The summed E-state index contributed by atoms with van der Waals surface area (Å²) in [5, 5.41) is 0. The molecule has 0 radical (unpaired) electrons. The quantitative estimate of drug-likeness (QED) is 0.591. The molecule has 3 heteroatoms. The summed E-state index contributed by atoms with van der Waals surface area (Å²) in [5.74, 6) is 0. The van der Waals surface area contributed by atoms with Crippen LogP contribution < -0.4 is 0 Å². The second kappa shape index (κ2) is 2.70. The van der Waals surface area contributed by atoms with E-state index in [1.54, 1.807) is 18.2 Å². The topological polar surface area (TPSA) is 42.9 Å². The van der Waals surface area contributed by atoms with Crippen LogP contribution in [0.3, 0.4) is 0 Å². The van der Waals surface area contributed by atoms with Crippen LogP contribution >= 0.6 is 0 Å². The number of benzene rings is 1. The summed E-state index contributed by atoms with van der Waals surface area (Å²) < 4.78 is 7.23. The van der Waals surface area contributed by atoms with Crippen LogP contribution in [-0.4, -0.2) is 16.3 Å². The highest BCUT2D eigenvalue weighted by atomic mass is 16.1. The van der Waals surface area contributed by atoms with Gasteiger partial charge in [0.1, 0.15) is 6.29 Å². The van der Waals surface area contributed by atoms with Crippen molar-refractivity contribution in [1.82, 2.24) is 9.97 Å². The SMILES string of the molecule is [2H]c1cnc2cc(C=O)ccc2n1. The number of aldehydes is 1. The third-order valence-electron chi connectivity index (χ3n) is 1.58. The van der Waals surface area contributed by atoms with Gasteiger partial charge in [-0.3, -0.25) is 14.8 Å². The van der Waals surface area contributed by atoms with Crippen molar-refractivity contribution in [2.24, 2.45) is 0 Å². The molecular weight excluding hydrogens is 152 g/mol. The van der Waals surface area contributed by atoms with Crippen molar-refractivity contribution in [3.63, 3.8) is 0 Å². The molecular formula is C9H6N2O. The second-order valence-electron chi connectivity index (χ2n) is 2.37. The number of aromatic nitrogens is 2. The van der Waals surface area contributed by atoms with Gasteiger partial charge >= 0.3 is 0 Å². The Morgan fingerprint density at radius 3 is 3.08 bits per heavy atom. The molecule has 0 aliphatic rings. The first-order valence-corrected chi connectivity index (χ1v) is 3.48. The smallest absolute Gasteiger partial charge is 0.150 e. The number of rotatable bonds is 1. The molecule has 0 aliphatic heterocycles. The Kier molecular flexibility index (Phi) is 1.31. The van der Waals surface area contributed by atoms with E-state index in [9.17, 15) is 4.79 Å². The molecule has 0 unspecified atom stereocenters. The average molecular weight is 159 g/mol. The summed E-state index contributed by atoms with van der Waals surface area (Å²) in [4.78, 5) is 18.4. The third-order valence-corrected chi connectivity index (χ3v) is 1.58. The van der Waals surface area contributed by atoms with E-state index in [2.05, 4.69) is 9.97 Å². The molecule has 1 aromatic heterocycles. The molecule has 0 amide bonds. The molecule has 0 saturated carbocycles. The zero-order chi connectivity index (χ0) is 9.26. The Hall–Kier alpha value is -1.77. The maximum absolute atomic E-state index is 10.4. The van der Waals surface area contributed by atoms with E-state index in [1.165, 1.54) is 6.20 Å². The maximum Gasteiger partial charge on any atom is 0.150 e. The molecule has 58 valence electrons. The second-order valence-corrected chi connectivity index (χ2v) is 2.37. The normalized spacial score (nSPS) is 11.2. The summed E-state index contributed by atoms with van der Waals surface area (Å²) in [5.41, 5.74) is 1.85. The fourth-order valence-electron chi connectivity index (χ4n) is 1.01. The van der Waals surface area contributed by atoms with Crippen molar-refractivity contribution < 1.29 is 6.17 Å². The standard InChI is InChI=1S/C9H6N2O/c12-6-7-1-2-8-9(5-7)11-4-3-10-8/h1-6H/i3D. The van der Waals surface area contributed by atoms with E-state index in [-0.39, 0.29) is 6.17 Å². The first-order chi connectivity index (χ1) is 6.29. The van der Waals surface area contributed by atoms with Gasteiger partial charge in [-0.1, -0.05) is 0 Å². The van der Waals surface area contributed by atoms with Crippen LogP contribution in [0, 0.1) is 0 Å². The molecule has 0 spiro atoms. The molecule has 0 aliphatic carbocycles. The highest BCUT2D eigenvalue weighted by molar-refractivity contribution is 5.84. The van der Waals surface area contributed by atoms with Gasteiger partial charge in [-0.25, -0.2) is 0 Å². The first-order valence-electron chi connectivity index (χ1n) is 3.98. The van der Waals surface area contributed by atoms with Gasteiger partial charge in [0.05, 0.1) is 12.4 Å². The van der Waals surface area contributed by atoms with Gasteiger partial charge in [0.25, 0.3) is 0 Å². The number of carbonyl (C=O) groups is 1. The molecule has 1 heterocycles. The summed E-state index contributed by atoms with van der Waals surface area (Å²) >= 11 is 0. The highest BCUT2D eigenvalue weighted by Gasteiger charge is 1.95. The van der Waals surface area contributed by atoms with E-state index in [4.69, 9.17) is 1.37 Å². The number of nitrogens with zero attached hydrogens (tertiary/aromatic N) is 2. The molecule has 0 saturated heterocycles. The number of carbonyl (C=O) groups excluding carboxylic acids is 1. The molecule has 2 aromatic rings. The predicted molar refractivity (Wildman–Crippen MR) is 44.9 cm³/mol. The Labute approximate surface area is 70.5 Å². The molecule has 12 heavy (non-hydrogen) atoms. The lowest BCUT2D eigenvalue weighted by molar-refractivity contribution is 0.112. The van der Waals surface area contributed by atoms with Crippen LogP contribution in [0.2, 0.25) is 0 Å². The number of hydrogen-bond donors (Lipinski definition) is 0. The maximum atomic E-state index is 10.4. The van der Waals surface area contributed by atoms with Crippen molar-refractivity contribution >= 4 is 17.3 Å². The van der Waals surface area contributed by atoms with Crippen molar-refractivity contribution in [3.05, 3.63) is 36.1 Å². The fraction of sp³-hybridized carbons (Fsp3) is 0. The first kappa shape index (κ1) is 5.83. The van der Waals surface area contributed by atoms with Gasteiger partial charge in [0, 0.05) is 17.9 Å². The largest absolute Gasteiger partial charge is 0.298 e. The van der Waals surface area contributed by atoms with E-state index >= 15 is 0 Å². The Balaban J connectivity index is 2.73. The summed E-state index contributed by atoms with van der Waals surface area (Å²) in [7, 11) is 0. The van der Waals surface area contributed by atoms with E-state index in [1.807, 2.05) is 0 Å². The average Bonchev–Trinajstić information content (AvgIpc) is 2.17. The van der Waals surface area contributed by atoms with Crippen molar-refractivity contribution in [2.75, 3.05) is 0 Å². The van der Waals surface area contributed by atoms with Gasteiger partial charge in [0.2, 0.25) is 0 Å². The molecule has 0 bridgehead atoms. The van der Waals surface area contributed by atoms with Crippen LogP contribution in [-0.2, 0) is 0 Å². The van der Waals surface area contributed by atoms with Gasteiger partial charge in [-0.05, 0) is 18.2 Å². The van der Waals surface area contributed by atoms with Gasteiger partial charge < -0.3 is 0 Å². The molecule has 3 nitrogen and oxygen atoms in total. The minimum absolute atomic E-state index is 0.131. The predicted octanol–water partition coefficient (Wildman–Crippen LogP) is 1.44. The van der Waals surface area contributed by atoms with Crippen LogP contribution in [0.15, 0.2) is 30.6 Å². The number of fused-ring (bicyclic) bond motifs is 1. The monoisotopic (exact) mass is 159 g/mol. The fourth-order valence-corrected chi connectivity index (χ4v) is 1.01. The van der Waals surface area contributed by atoms with Crippen molar-refractivity contribution in [2.45, 2.75) is 0 Å². The molecule has 0 fully saturated rings. The van der Waals surface area contributed by atoms with Crippen LogP contribution in [0.25, 0.3) is 11.0 Å². The Morgan fingerprint density at radius 1 is 1.33 bits per heavy atom. The summed E-state index contributed by atoms with van der Waals surface area (Å²) in [6.45, 7) is 0. The lowest BCUT2D eigenvalue weighted by Gasteiger charge is -1.94. The van der Waals surface area contributed by atoms with Crippen molar-refractivity contribution in [3.8, 4) is 0 Å². The van der Waals surface area contributed by atoms with E-state index in [0.29, 0.717) is 16.6 Å². The number of hydrogen-bond acceptors (Lipinski definition) is 3. The summed E-state index contributed by atoms with van der Waals surface area (Å²) in [6, 6.07) is 4.99. The Bertz CT molecular complexity index is 470. The molecule has 0 atom stereocenters. The van der Waals surface area contributed by atoms with E-state index in [0.717, 1.165) is 6.29 Å². The van der Waals surface area contributed by atoms with Crippen LogP contribution in [0.4, 0.5) is 0 Å². The zero-order valence-corrected chi connectivity index (χ0v) is 6.19. The van der Waals surface area contributed by atoms with Gasteiger partial charge in [-0.2, -0.15) is 0 Å². The van der Waals surface area contributed by atoms with Gasteiger partial charge in [-0.15, -0.1) is 0 Å². The molecule has 0 N–H and O–H groups in total. The van der Waals surface area contributed by atoms with Crippen LogP contribution in [0.1, 0.15) is 11.7 Å². The minimum atomic E-state index is 0.131. The summed E-state index contributed by atoms with van der Waals surface area (Å²) in [6.07, 6.45) is 2.25. The zero-order valence-electron chi connectivity index (χ0n) is 7.19. The Morgan fingerprint density at radius 2 is 2.25 bits per heavy atom. The third kappa shape index (κ3) is 1.05. The highest BCUT2D eigenvalue weighted by Crippen LogP contribution is 2.08. The minimum Gasteiger partial charge on any atom is -0.298 e. The lowest BCUT2D eigenvalue weighted by Crippen LogP contribution is -1.84.